The number of sulfonamides is 1. The molecule has 1 atom stereocenters. The number of fused-ring (bicyclic) bond motifs is 1. The fraction of sp³-hybridized carbons (Fsp3) is 0.348. The second kappa shape index (κ2) is 8.98. The minimum absolute atomic E-state index is 0.0392. The second-order valence-electron chi connectivity index (χ2n) is 7.77. The molecular formula is C23H26N2O4S2. The molecule has 1 saturated heterocycles. The Morgan fingerprint density at radius 1 is 1.23 bits per heavy atom. The third-order valence-corrected chi connectivity index (χ3v) is 8.80. The molecular weight excluding hydrogens is 432 g/mol. The number of methoxy groups -OCH3 is 1. The lowest BCUT2D eigenvalue weighted by molar-refractivity contribution is 0.0951. The summed E-state index contributed by atoms with van der Waals surface area (Å²) < 4.78 is 34.7. The van der Waals surface area contributed by atoms with E-state index < -0.39 is 10.0 Å². The van der Waals surface area contributed by atoms with Gasteiger partial charge in [0.05, 0.1) is 7.11 Å². The van der Waals surface area contributed by atoms with Crippen molar-refractivity contribution < 1.29 is 17.9 Å². The minimum Gasteiger partial charge on any atom is -0.495 e. The van der Waals surface area contributed by atoms with E-state index in [1.807, 2.05) is 36.6 Å². The largest absolute Gasteiger partial charge is 0.495 e. The van der Waals surface area contributed by atoms with Crippen LogP contribution in [0.25, 0.3) is 10.1 Å². The molecule has 8 heteroatoms. The number of hydrogen-bond acceptors (Lipinski definition) is 5. The number of benzene rings is 2. The van der Waals surface area contributed by atoms with E-state index >= 15 is 0 Å². The maximum absolute atomic E-state index is 13.4. The smallest absolute Gasteiger partial charge is 0.251 e. The van der Waals surface area contributed by atoms with Crippen LogP contribution in [0.15, 0.2) is 52.7 Å². The highest BCUT2D eigenvalue weighted by molar-refractivity contribution is 7.89. The van der Waals surface area contributed by atoms with Crippen LogP contribution in [-0.4, -0.2) is 38.3 Å². The van der Waals surface area contributed by atoms with Crippen LogP contribution < -0.4 is 10.1 Å². The van der Waals surface area contributed by atoms with Crippen LogP contribution in [0.1, 0.15) is 42.1 Å². The molecule has 2 heterocycles. The van der Waals surface area contributed by atoms with E-state index in [0.29, 0.717) is 18.7 Å². The number of nitrogens with zero attached hydrogens (tertiary/aromatic N) is 1. The molecule has 1 aromatic heterocycles. The maximum atomic E-state index is 13.4. The number of carbonyl (C=O) groups is 1. The summed E-state index contributed by atoms with van der Waals surface area (Å²) in [5.74, 6) is -0.0702. The molecule has 1 N–H and O–H groups in total. The van der Waals surface area contributed by atoms with Gasteiger partial charge in [0.2, 0.25) is 10.0 Å². The summed E-state index contributed by atoms with van der Waals surface area (Å²) in [4.78, 5) is 12.9. The normalized spacial score (nSPS) is 17.5. The molecule has 1 aliphatic rings. The van der Waals surface area contributed by atoms with E-state index in [4.69, 9.17) is 4.74 Å². The first-order valence-electron chi connectivity index (χ1n) is 10.3. The van der Waals surface area contributed by atoms with Crippen LogP contribution >= 0.6 is 11.3 Å². The van der Waals surface area contributed by atoms with Crippen molar-refractivity contribution >= 4 is 37.4 Å². The zero-order valence-corrected chi connectivity index (χ0v) is 19.3. The van der Waals surface area contributed by atoms with Crippen molar-refractivity contribution in [2.75, 3.05) is 13.7 Å². The average molecular weight is 459 g/mol. The highest BCUT2D eigenvalue weighted by Gasteiger charge is 2.33. The topological polar surface area (TPSA) is 75.7 Å². The van der Waals surface area contributed by atoms with Gasteiger partial charge in [-0.2, -0.15) is 4.31 Å². The van der Waals surface area contributed by atoms with Crippen molar-refractivity contribution in [3.63, 3.8) is 0 Å². The number of carbonyl (C=O) groups excluding carboxylic acids is 1. The van der Waals surface area contributed by atoms with Gasteiger partial charge < -0.3 is 10.1 Å². The van der Waals surface area contributed by atoms with Gasteiger partial charge in [0, 0.05) is 29.4 Å². The van der Waals surface area contributed by atoms with E-state index in [-0.39, 0.29) is 22.6 Å². The summed E-state index contributed by atoms with van der Waals surface area (Å²) in [6, 6.07) is 12.5. The van der Waals surface area contributed by atoms with Crippen LogP contribution in [0.3, 0.4) is 0 Å². The molecule has 1 aliphatic heterocycles. The molecule has 6 nitrogen and oxygen atoms in total. The van der Waals surface area contributed by atoms with Gasteiger partial charge in [-0.15, -0.1) is 11.3 Å². The summed E-state index contributed by atoms with van der Waals surface area (Å²) >= 11 is 1.64. The van der Waals surface area contributed by atoms with Gasteiger partial charge in [-0.3, -0.25) is 4.79 Å². The molecule has 1 fully saturated rings. The lowest BCUT2D eigenvalue weighted by atomic mass is 10.1. The molecule has 164 valence electrons. The first kappa shape index (κ1) is 21.8. The molecule has 0 spiro atoms. The standard InChI is InChI=1S/C23H26N2O4S2/c1-16-7-5-6-12-25(16)31(27,28)22-13-17(10-11-20(22)29-2)23(26)24-14-18-15-30-21-9-4-3-8-19(18)21/h3-4,8-11,13,15-16H,5-7,12,14H2,1-2H3,(H,24,26). The van der Waals surface area contributed by atoms with Crippen LogP contribution in [0.2, 0.25) is 0 Å². The predicted octanol–water partition coefficient (Wildman–Crippen LogP) is 4.40. The average Bonchev–Trinajstić information content (AvgIpc) is 3.20. The maximum Gasteiger partial charge on any atom is 0.251 e. The van der Waals surface area contributed by atoms with Crippen LogP contribution in [0.4, 0.5) is 0 Å². The van der Waals surface area contributed by atoms with E-state index in [9.17, 15) is 13.2 Å². The predicted molar refractivity (Wildman–Crippen MR) is 123 cm³/mol. The highest BCUT2D eigenvalue weighted by Crippen LogP contribution is 2.32. The van der Waals surface area contributed by atoms with Crippen molar-refractivity contribution in [2.24, 2.45) is 0 Å². The fourth-order valence-electron chi connectivity index (χ4n) is 4.02. The Hall–Kier alpha value is -2.42. The van der Waals surface area contributed by atoms with Gasteiger partial charge in [-0.1, -0.05) is 24.6 Å². The van der Waals surface area contributed by atoms with Gasteiger partial charge in [-0.25, -0.2) is 8.42 Å². The van der Waals surface area contributed by atoms with Crippen LogP contribution in [0, 0.1) is 0 Å². The molecule has 0 bridgehead atoms. The summed E-state index contributed by atoms with van der Waals surface area (Å²) in [5, 5.41) is 6.07. The molecule has 4 rings (SSSR count). The number of ether oxygens (including phenoxy) is 1. The molecule has 3 aromatic rings. The lowest BCUT2D eigenvalue weighted by Crippen LogP contribution is -2.42. The Morgan fingerprint density at radius 2 is 2.03 bits per heavy atom. The van der Waals surface area contributed by atoms with Gasteiger partial charge in [0.25, 0.3) is 5.91 Å². The molecule has 0 aliphatic carbocycles. The number of amides is 1. The first-order chi connectivity index (χ1) is 14.9. The summed E-state index contributed by atoms with van der Waals surface area (Å²) in [7, 11) is -2.33. The Balaban J connectivity index is 1.58. The number of nitrogens with one attached hydrogen (secondary N) is 1. The molecule has 1 amide bonds. The monoisotopic (exact) mass is 458 g/mol. The van der Waals surface area contributed by atoms with Crippen molar-refractivity contribution in [3.8, 4) is 5.75 Å². The fourth-order valence-corrected chi connectivity index (χ4v) is 6.87. The van der Waals surface area contributed by atoms with E-state index in [1.165, 1.54) is 22.2 Å². The Kier molecular flexibility index (Phi) is 6.31. The summed E-state index contributed by atoms with van der Waals surface area (Å²) in [6.07, 6.45) is 2.68. The lowest BCUT2D eigenvalue weighted by Gasteiger charge is -2.32. The van der Waals surface area contributed by atoms with Crippen molar-refractivity contribution in [1.29, 1.82) is 0 Å². The van der Waals surface area contributed by atoms with Gasteiger partial charge in [-0.05, 0) is 60.4 Å². The number of rotatable bonds is 6. The van der Waals surface area contributed by atoms with Gasteiger partial charge in [0.1, 0.15) is 10.6 Å². The first-order valence-corrected chi connectivity index (χ1v) is 12.7. The van der Waals surface area contributed by atoms with Crippen molar-refractivity contribution in [3.05, 3.63) is 59.0 Å². The second-order valence-corrected chi connectivity index (χ2v) is 10.5. The third-order valence-electron chi connectivity index (χ3n) is 5.76. The molecule has 1 unspecified atom stereocenters. The third kappa shape index (κ3) is 4.33. The molecule has 2 aromatic carbocycles. The number of thiophene rings is 1. The van der Waals surface area contributed by atoms with E-state index in [2.05, 4.69) is 5.32 Å². The van der Waals surface area contributed by atoms with Crippen molar-refractivity contribution in [1.82, 2.24) is 9.62 Å². The van der Waals surface area contributed by atoms with Gasteiger partial charge in [0.15, 0.2) is 0 Å². The molecule has 0 radical (unpaired) electrons. The Morgan fingerprint density at radius 3 is 2.81 bits per heavy atom. The van der Waals surface area contributed by atoms with Crippen LogP contribution in [0.5, 0.6) is 5.75 Å². The summed E-state index contributed by atoms with van der Waals surface area (Å²) in [5.41, 5.74) is 1.33. The number of piperidine rings is 1. The molecule has 31 heavy (non-hydrogen) atoms. The van der Waals surface area contributed by atoms with E-state index in [0.717, 1.165) is 30.2 Å². The zero-order valence-electron chi connectivity index (χ0n) is 17.6. The van der Waals surface area contributed by atoms with Crippen molar-refractivity contribution in [2.45, 2.75) is 43.7 Å². The van der Waals surface area contributed by atoms with Crippen LogP contribution in [-0.2, 0) is 16.6 Å². The highest BCUT2D eigenvalue weighted by atomic mass is 32.2. The Bertz CT molecular complexity index is 1200. The molecule has 0 saturated carbocycles. The van der Waals surface area contributed by atoms with E-state index in [1.54, 1.807) is 23.5 Å². The summed E-state index contributed by atoms with van der Waals surface area (Å²) in [6.45, 7) is 2.78. The number of hydrogen-bond donors (Lipinski definition) is 1. The Labute approximate surface area is 186 Å². The quantitative estimate of drug-likeness (QED) is 0.594. The van der Waals surface area contributed by atoms with Gasteiger partial charge >= 0.3 is 0 Å². The SMILES string of the molecule is COc1ccc(C(=O)NCc2csc3ccccc23)cc1S(=O)(=O)N1CCCCC1C. The minimum atomic E-state index is -3.77. The zero-order chi connectivity index (χ0) is 22.0.